The Balaban J connectivity index is 2.63. The standard InChI is InChI=1S/C16H26N2O4/c1-5-11(3)8-7-9-14(16(20)21-6-2)17-15(19)13-10-22-18-12(13)4/h10-11,14H,5-9H2,1-4H3,(H,17,19). The third-order valence-corrected chi connectivity index (χ3v) is 3.76. The van der Waals surface area contributed by atoms with Crippen LogP contribution < -0.4 is 5.32 Å². The van der Waals surface area contributed by atoms with Crippen molar-refractivity contribution in [1.82, 2.24) is 10.5 Å². The molecule has 0 spiro atoms. The van der Waals surface area contributed by atoms with Gasteiger partial charge in [0.25, 0.3) is 5.91 Å². The molecule has 1 heterocycles. The fraction of sp³-hybridized carbons (Fsp3) is 0.688. The summed E-state index contributed by atoms with van der Waals surface area (Å²) in [7, 11) is 0. The molecule has 0 radical (unpaired) electrons. The van der Waals surface area contributed by atoms with Crippen molar-refractivity contribution in [1.29, 1.82) is 0 Å². The van der Waals surface area contributed by atoms with Crippen LogP contribution in [0.2, 0.25) is 0 Å². The minimum atomic E-state index is -0.634. The Morgan fingerprint density at radius 1 is 1.36 bits per heavy atom. The van der Waals surface area contributed by atoms with Crippen molar-refractivity contribution >= 4 is 11.9 Å². The Morgan fingerprint density at radius 2 is 2.09 bits per heavy atom. The van der Waals surface area contributed by atoms with E-state index in [2.05, 4.69) is 24.3 Å². The summed E-state index contributed by atoms with van der Waals surface area (Å²) in [6.07, 6.45) is 4.84. The molecule has 0 aliphatic carbocycles. The topological polar surface area (TPSA) is 81.4 Å². The molecule has 1 aromatic heterocycles. The highest BCUT2D eigenvalue weighted by molar-refractivity contribution is 5.97. The zero-order valence-electron chi connectivity index (χ0n) is 13.8. The number of carbonyl (C=O) groups is 2. The first-order chi connectivity index (χ1) is 10.5. The lowest BCUT2D eigenvalue weighted by molar-refractivity contribution is -0.145. The van der Waals surface area contributed by atoms with Crippen LogP contribution in [0.4, 0.5) is 0 Å². The number of amides is 1. The lowest BCUT2D eigenvalue weighted by Crippen LogP contribution is -2.42. The van der Waals surface area contributed by atoms with Gasteiger partial charge < -0.3 is 14.6 Å². The van der Waals surface area contributed by atoms with Crippen LogP contribution in [-0.4, -0.2) is 29.7 Å². The van der Waals surface area contributed by atoms with Crippen molar-refractivity contribution in [3.05, 3.63) is 17.5 Å². The van der Waals surface area contributed by atoms with E-state index in [1.807, 2.05) is 0 Å². The zero-order valence-corrected chi connectivity index (χ0v) is 13.8. The normalized spacial score (nSPS) is 13.5. The number of hydrogen-bond donors (Lipinski definition) is 1. The fourth-order valence-corrected chi connectivity index (χ4v) is 2.11. The monoisotopic (exact) mass is 310 g/mol. The van der Waals surface area contributed by atoms with Crippen molar-refractivity contribution in [2.24, 2.45) is 5.92 Å². The number of nitrogens with one attached hydrogen (secondary N) is 1. The molecule has 6 heteroatoms. The molecule has 0 saturated heterocycles. The van der Waals surface area contributed by atoms with E-state index in [4.69, 9.17) is 9.26 Å². The molecule has 1 N–H and O–H groups in total. The Bertz CT molecular complexity index is 484. The molecule has 6 nitrogen and oxygen atoms in total. The molecule has 2 atom stereocenters. The van der Waals surface area contributed by atoms with Crippen molar-refractivity contribution in [2.45, 2.75) is 59.4 Å². The Labute approximate surface area is 131 Å². The number of nitrogens with zero attached hydrogens (tertiary/aromatic N) is 1. The summed E-state index contributed by atoms with van der Waals surface area (Å²) in [6, 6.07) is -0.634. The lowest BCUT2D eigenvalue weighted by atomic mass is 9.99. The molecular formula is C16H26N2O4. The van der Waals surface area contributed by atoms with Crippen LogP contribution in [0, 0.1) is 12.8 Å². The number of ether oxygens (including phenoxy) is 1. The van der Waals surface area contributed by atoms with Gasteiger partial charge in [-0.15, -0.1) is 0 Å². The number of carbonyl (C=O) groups excluding carboxylic acids is 2. The average molecular weight is 310 g/mol. The van der Waals surface area contributed by atoms with Crippen LogP contribution in [-0.2, 0) is 9.53 Å². The van der Waals surface area contributed by atoms with Crippen molar-refractivity contribution in [3.63, 3.8) is 0 Å². The maximum absolute atomic E-state index is 12.2. The van der Waals surface area contributed by atoms with E-state index in [9.17, 15) is 9.59 Å². The molecule has 0 fully saturated rings. The molecule has 0 aliphatic rings. The summed E-state index contributed by atoms with van der Waals surface area (Å²) in [5, 5.41) is 6.39. The van der Waals surface area contributed by atoms with Gasteiger partial charge in [-0.3, -0.25) is 4.79 Å². The highest BCUT2D eigenvalue weighted by Gasteiger charge is 2.24. The second-order valence-electron chi connectivity index (χ2n) is 5.54. The quantitative estimate of drug-likeness (QED) is 0.709. The van der Waals surface area contributed by atoms with Crippen LogP contribution in [0.25, 0.3) is 0 Å². The predicted molar refractivity (Wildman–Crippen MR) is 82.4 cm³/mol. The van der Waals surface area contributed by atoms with Gasteiger partial charge >= 0.3 is 5.97 Å². The number of aromatic nitrogens is 1. The van der Waals surface area contributed by atoms with E-state index in [-0.39, 0.29) is 5.91 Å². The van der Waals surface area contributed by atoms with E-state index < -0.39 is 12.0 Å². The summed E-state index contributed by atoms with van der Waals surface area (Å²) in [6.45, 7) is 8.05. The van der Waals surface area contributed by atoms with Gasteiger partial charge in [-0.1, -0.05) is 38.3 Å². The Morgan fingerprint density at radius 3 is 2.64 bits per heavy atom. The second-order valence-corrected chi connectivity index (χ2v) is 5.54. The predicted octanol–water partition coefficient (Wildman–Crippen LogP) is 2.86. The molecule has 0 aromatic carbocycles. The summed E-state index contributed by atoms with van der Waals surface area (Å²) in [5.74, 6) is -0.145. The molecular weight excluding hydrogens is 284 g/mol. The van der Waals surface area contributed by atoms with Crippen molar-refractivity contribution < 1.29 is 18.8 Å². The third-order valence-electron chi connectivity index (χ3n) is 3.76. The molecule has 1 aromatic rings. The Hall–Kier alpha value is -1.85. The van der Waals surface area contributed by atoms with E-state index in [0.717, 1.165) is 19.3 Å². The van der Waals surface area contributed by atoms with E-state index in [1.54, 1.807) is 13.8 Å². The smallest absolute Gasteiger partial charge is 0.328 e. The second kappa shape index (κ2) is 9.23. The molecule has 22 heavy (non-hydrogen) atoms. The van der Waals surface area contributed by atoms with Gasteiger partial charge in [-0.05, 0) is 26.2 Å². The number of aryl methyl sites for hydroxylation is 1. The third kappa shape index (κ3) is 5.50. The number of hydrogen-bond acceptors (Lipinski definition) is 5. The van der Waals surface area contributed by atoms with Crippen LogP contribution in [0.5, 0.6) is 0 Å². The first-order valence-electron chi connectivity index (χ1n) is 7.88. The summed E-state index contributed by atoms with van der Waals surface area (Å²) < 4.78 is 9.80. The van der Waals surface area contributed by atoms with Crippen molar-refractivity contribution in [3.8, 4) is 0 Å². The van der Waals surface area contributed by atoms with Crippen LogP contribution in [0.15, 0.2) is 10.8 Å². The van der Waals surface area contributed by atoms with Crippen LogP contribution >= 0.6 is 0 Å². The Kier molecular flexibility index (Phi) is 7.63. The molecule has 1 rings (SSSR count). The van der Waals surface area contributed by atoms with Crippen LogP contribution in [0.3, 0.4) is 0 Å². The van der Waals surface area contributed by atoms with Crippen LogP contribution in [0.1, 0.15) is 62.5 Å². The van der Waals surface area contributed by atoms with Gasteiger partial charge in [0.1, 0.15) is 17.9 Å². The average Bonchev–Trinajstić information content (AvgIpc) is 2.92. The lowest BCUT2D eigenvalue weighted by Gasteiger charge is -2.18. The molecule has 2 unspecified atom stereocenters. The SMILES string of the molecule is CCOC(=O)C(CCCC(C)CC)NC(=O)c1conc1C. The van der Waals surface area contributed by atoms with Gasteiger partial charge in [0.2, 0.25) is 0 Å². The number of rotatable bonds is 9. The number of esters is 1. The highest BCUT2D eigenvalue weighted by Crippen LogP contribution is 2.14. The molecule has 1 amide bonds. The van der Waals surface area contributed by atoms with Gasteiger partial charge in [0, 0.05) is 0 Å². The highest BCUT2D eigenvalue weighted by atomic mass is 16.5. The van der Waals surface area contributed by atoms with Crippen molar-refractivity contribution in [2.75, 3.05) is 6.61 Å². The maximum Gasteiger partial charge on any atom is 0.328 e. The summed E-state index contributed by atoms with van der Waals surface area (Å²) in [5.41, 5.74) is 0.843. The molecule has 0 bridgehead atoms. The van der Waals surface area contributed by atoms with E-state index >= 15 is 0 Å². The first kappa shape index (κ1) is 18.2. The maximum atomic E-state index is 12.2. The van der Waals surface area contributed by atoms with E-state index in [1.165, 1.54) is 6.26 Å². The summed E-state index contributed by atoms with van der Waals surface area (Å²) >= 11 is 0. The van der Waals surface area contributed by atoms with Gasteiger partial charge in [0.15, 0.2) is 0 Å². The molecule has 0 saturated carbocycles. The molecule has 124 valence electrons. The fourth-order valence-electron chi connectivity index (χ4n) is 2.11. The minimum Gasteiger partial charge on any atom is -0.464 e. The first-order valence-corrected chi connectivity index (χ1v) is 7.88. The zero-order chi connectivity index (χ0) is 16.5. The molecule has 0 aliphatic heterocycles. The van der Waals surface area contributed by atoms with Gasteiger partial charge in [-0.2, -0.15) is 0 Å². The summed E-state index contributed by atoms with van der Waals surface area (Å²) in [4.78, 5) is 24.2. The van der Waals surface area contributed by atoms with E-state index in [0.29, 0.717) is 30.2 Å². The minimum absolute atomic E-state index is 0.295. The largest absolute Gasteiger partial charge is 0.464 e. The van der Waals surface area contributed by atoms with Gasteiger partial charge in [-0.25, -0.2) is 4.79 Å². The van der Waals surface area contributed by atoms with Gasteiger partial charge in [0.05, 0.1) is 12.3 Å².